The average molecular weight is 446 g/mol. The molecule has 1 aliphatic heterocycles. The average Bonchev–Trinajstić information content (AvgIpc) is 3.38. The molecule has 2 aromatic carbocycles. The number of carbonyl (C=O) groups excluding carboxylic acids is 2. The van der Waals surface area contributed by atoms with Crippen molar-refractivity contribution in [2.24, 2.45) is 0 Å². The summed E-state index contributed by atoms with van der Waals surface area (Å²) in [7, 11) is 0. The van der Waals surface area contributed by atoms with Gasteiger partial charge in [-0.2, -0.15) is 13.2 Å². The molecular formula is C22H17F3N2O3S. The summed E-state index contributed by atoms with van der Waals surface area (Å²) in [5.41, 5.74) is 0.372. The Hall–Kier alpha value is -3.20. The Morgan fingerprint density at radius 3 is 2.58 bits per heavy atom. The third-order valence-electron chi connectivity index (χ3n) is 4.78. The van der Waals surface area contributed by atoms with E-state index >= 15 is 0 Å². The van der Waals surface area contributed by atoms with Gasteiger partial charge in [0.15, 0.2) is 0 Å². The molecule has 0 spiro atoms. The minimum absolute atomic E-state index is 0.00207. The fourth-order valence-corrected chi connectivity index (χ4v) is 4.44. The second kappa shape index (κ2) is 8.50. The molecule has 9 heteroatoms. The van der Waals surface area contributed by atoms with Crippen molar-refractivity contribution in [2.75, 3.05) is 11.1 Å². The van der Waals surface area contributed by atoms with Gasteiger partial charge in [-0.1, -0.05) is 18.2 Å². The third kappa shape index (κ3) is 4.77. The van der Waals surface area contributed by atoms with Gasteiger partial charge in [-0.25, -0.2) is 0 Å². The second-order valence-electron chi connectivity index (χ2n) is 6.92. The van der Waals surface area contributed by atoms with E-state index in [0.29, 0.717) is 23.6 Å². The molecule has 2 amide bonds. The van der Waals surface area contributed by atoms with Gasteiger partial charge in [-0.15, -0.1) is 11.8 Å². The maximum atomic E-state index is 12.9. The van der Waals surface area contributed by atoms with E-state index in [-0.39, 0.29) is 17.0 Å². The summed E-state index contributed by atoms with van der Waals surface area (Å²) < 4.78 is 43.9. The third-order valence-corrected chi connectivity index (χ3v) is 6.04. The van der Waals surface area contributed by atoms with Crippen molar-refractivity contribution in [1.29, 1.82) is 0 Å². The number of nitrogens with zero attached hydrogens (tertiary/aromatic N) is 1. The van der Waals surface area contributed by atoms with Crippen LogP contribution in [0.3, 0.4) is 0 Å². The van der Waals surface area contributed by atoms with E-state index in [4.69, 9.17) is 4.42 Å². The lowest BCUT2D eigenvalue weighted by molar-refractivity contribution is -0.137. The van der Waals surface area contributed by atoms with E-state index in [1.54, 1.807) is 47.6 Å². The van der Waals surface area contributed by atoms with Crippen molar-refractivity contribution in [1.82, 2.24) is 4.90 Å². The van der Waals surface area contributed by atoms with Crippen molar-refractivity contribution >= 4 is 29.3 Å². The van der Waals surface area contributed by atoms with Gasteiger partial charge in [-0.05, 0) is 48.0 Å². The first-order valence-corrected chi connectivity index (χ1v) is 10.4. The Morgan fingerprint density at radius 2 is 1.90 bits per heavy atom. The van der Waals surface area contributed by atoms with E-state index in [1.807, 2.05) is 0 Å². The predicted octanol–water partition coefficient (Wildman–Crippen LogP) is 5.32. The number of benzene rings is 2. The Morgan fingerprint density at radius 1 is 1.13 bits per heavy atom. The van der Waals surface area contributed by atoms with Crippen LogP contribution in [0.4, 0.5) is 18.9 Å². The van der Waals surface area contributed by atoms with Crippen LogP contribution < -0.4 is 5.32 Å². The lowest BCUT2D eigenvalue weighted by Gasteiger charge is -2.23. The highest BCUT2D eigenvalue weighted by Gasteiger charge is 2.33. The standard InChI is InChI=1S/C22H17F3N2O3S/c23-22(24,25)16-3-1-4-17(11-16)26-20(29)14-6-8-15(9-7-14)21-27(19(28)13-31-21)12-18-5-2-10-30-18/h1-11,21H,12-13H2,(H,26,29)/t21-/m1/s1. The SMILES string of the molecule is O=C(Nc1cccc(C(F)(F)F)c1)c1ccc([C@H]2SCC(=O)N2Cc2ccco2)cc1. The van der Waals surface area contributed by atoms with Crippen molar-refractivity contribution < 1.29 is 27.2 Å². The minimum Gasteiger partial charge on any atom is -0.467 e. The molecule has 1 N–H and O–H groups in total. The molecule has 2 heterocycles. The van der Waals surface area contributed by atoms with Crippen LogP contribution in [0.25, 0.3) is 0 Å². The van der Waals surface area contributed by atoms with E-state index in [2.05, 4.69) is 5.32 Å². The van der Waals surface area contributed by atoms with Gasteiger partial charge in [0.05, 0.1) is 24.1 Å². The quantitative estimate of drug-likeness (QED) is 0.576. The van der Waals surface area contributed by atoms with Crippen LogP contribution in [0.1, 0.15) is 32.6 Å². The number of furan rings is 1. The van der Waals surface area contributed by atoms with Gasteiger partial charge < -0.3 is 14.6 Å². The van der Waals surface area contributed by atoms with Crippen LogP contribution in [-0.4, -0.2) is 22.5 Å². The monoisotopic (exact) mass is 446 g/mol. The fraction of sp³-hybridized carbons (Fsp3) is 0.182. The minimum atomic E-state index is -4.49. The molecule has 1 fully saturated rings. The summed E-state index contributed by atoms with van der Waals surface area (Å²) >= 11 is 1.48. The molecule has 3 aromatic rings. The van der Waals surface area contributed by atoms with Crippen LogP contribution in [0.5, 0.6) is 0 Å². The molecule has 31 heavy (non-hydrogen) atoms. The number of rotatable bonds is 5. The van der Waals surface area contributed by atoms with E-state index in [0.717, 1.165) is 17.7 Å². The Balaban J connectivity index is 1.46. The molecule has 1 aliphatic rings. The molecule has 1 aromatic heterocycles. The molecule has 0 bridgehead atoms. The lowest BCUT2D eigenvalue weighted by Crippen LogP contribution is -2.27. The van der Waals surface area contributed by atoms with Crippen LogP contribution in [-0.2, 0) is 17.5 Å². The zero-order valence-corrected chi connectivity index (χ0v) is 16.9. The Labute approximate surface area is 180 Å². The number of hydrogen-bond donors (Lipinski definition) is 1. The molecule has 1 atom stereocenters. The van der Waals surface area contributed by atoms with E-state index < -0.39 is 17.6 Å². The molecule has 5 nitrogen and oxygen atoms in total. The summed E-state index contributed by atoms with van der Waals surface area (Å²) in [4.78, 5) is 26.5. The van der Waals surface area contributed by atoms with Crippen LogP contribution in [0, 0.1) is 0 Å². The summed E-state index contributed by atoms with van der Waals surface area (Å²) in [6.45, 7) is 0.348. The first-order chi connectivity index (χ1) is 14.8. The first kappa shape index (κ1) is 21.0. The van der Waals surface area contributed by atoms with Gasteiger partial charge in [0.1, 0.15) is 11.1 Å². The number of amides is 2. The Bertz CT molecular complexity index is 1080. The normalized spacial score (nSPS) is 16.5. The summed E-state index contributed by atoms with van der Waals surface area (Å²) in [5.74, 6) is 0.507. The van der Waals surface area contributed by atoms with Crippen LogP contribution >= 0.6 is 11.8 Å². The second-order valence-corrected chi connectivity index (χ2v) is 7.99. The van der Waals surface area contributed by atoms with Crippen molar-refractivity contribution in [2.45, 2.75) is 18.1 Å². The van der Waals surface area contributed by atoms with E-state index in [1.165, 1.54) is 23.9 Å². The number of carbonyl (C=O) groups is 2. The lowest BCUT2D eigenvalue weighted by atomic mass is 10.1. The Kier molecular flexibility index (Phi) is 5.77. The molecular weight excluding hydrogens is 429 g/mol. The maximum Gasteiger partial charge on any atom is 0.416 e. The molecule has 4 rings (SSSR count). The number of halogens is 3. The maximum absolute atomic E-state index is 12.9. The van der Waals surface area contributed by atoms with Gasteiger partial charge in [0.2, 0.25) is 5.91 Å². The van der Waals surface area contributed by atoms with E-state index in [9.17, 15) is 22.8 Å². The van der Waals surface area contributed by atoms with Gasteiger partial charge in [0.25, 0.3) is 5.91 Å². The fourth-order valence-electron chi connectivity index (χ4n) is 3.25. The summed E-state index contributed by atoms with van der Waals surface area (Å²) in [6.07, 6.45) is -2.93. The largest absolute Gasteiger partial charge is 0.467 e. The summed E-state index contributed by atoms with van der Waals surface area (Å²) in [6, 6.07) is 14.7. The number of anilines is 1. The van der Waals surface area contributed by atoms with Gasteiger partial charge in [-0.3, -0.25) is 9.59 Å². The number of alkyl halides is 3. The highest BCUT2D eigenvalue weighted by atomic mass is 32.2. The topological polar surface area (TPSA) is 62.6 Å². The predicted molar refractivity (Wildman–Crippen MR) is 110 cm³/mol. The summed E-state index contributed by atoms with van der Waals surface area (Å²) in [5, 5.41) is 2.27. The smallest absolute Gasteiger partial charge is 0.416 e. The van der Waals surface area contributed by atoms with Gasteiger partial charge >= 0.3 is 6.18 Å². The van der Waals surface area contributed by atoms with Crippen molar-refractivity contribution in [3.8, 4) is 0 Å². The number of thioether (sulfide) groups is 1. The molecule has 0 saturated carbocycles. The number of hydrogen-bond acceptors (Lipinski definition) is 4. The first-order valence-electron chi connectivity index (χ1n) is 9.33. The zero-order chi connectivity index (χ0) is 22.0. The zero-order valence-electron chi connectivity index (χ0n) is 16.1. The van der Waals surface area contributed by atoms with Crippen LogP contribution in [0.2, 0.25) is 0 Å². The molecule has 0 aliphatic carbocycles. The van der Waals surface area contributed by atoms with Crippen LogP contribution in [0.15, 0.2) is 71.3 Å². The highest BCUT2D eigenvalue weighted by Crippen LogP contribution is 2.39. The molecule has 160 valence electrons. The van der Waals surface area contributed by atoms with Crippen molar-refractivity contribution in [3.63, 3.8) is 0 Å². The molecule has 1 saturated heterocycles. The van der Waals surface area contributed by atoms with Gasteiger partial charge in [0, 0.05) is 11.3 Å². The molecule has 0 unspecified atom stereocenters. The highest BCUT2D eigenvalue weighted by molar-refractivity contribution is 8.00. The number of nitrogens with one attached hydrogen (secondary N) is 1. The molecule has 0 radical (unpaired) electrons. The van der Waals surface area contributed by atoms with Crippen molar-refractivity contribution in [3.05, 3.63) is 89.4 Å².